The van der Waals surface area contributed by atoms with Crippen molar-refractivity contribution in [1.29, 1.82) is 0 Å². The van der Waals surface area contributed by atoms with Gasteiger partial charge < -0.3 is 10.3 Å². The van der Waals surface area contributed by atoms with E-state index in [2.05, 4.69) is 20.3 Å². The molecular formula is C14H9ClFN5O3S. The van der Waals surface area contributed by atoms with Gasteiger partial charge in [0.15, 0.2) is 10.8 Å². The summed E-state index contributed by atoms with van der Waals surface area (Å²) in [5.74, 6) is -1.36. The number of non-ortho nitro benzene ring substituents is 1. The molecule has 0 aliphatic rings. The number of aromatic amines is 1. The highest BCUT2D eigenvalue weighted by Gasteiger charge is 2.14. The van der Waals surface area contributed by atoms with Crippen molar-refractivity contribution in [3.05, 3.63) is 51.4 Å². The van der Waals surface area contributed by atoms with Gasteiger partial charge in [-0.25, -0.2) is 14.4 Å². The van der Waals surface area contributed by atoms with Gasteiger partial charge in [-0.1, -0.05) is 23.4 Å². The molecule has 1 amide bonds. The summed E-state index contributed by atoms with van der Waals surface area (Å²) in [5, 5.41) is 13.9. The Hall–Kier alpha value is -2.72. The zero-order chi connectivity index (χ0) is 18.0. The second kappa shape index (κ2) is 7.03. The molecule has 0 fully saturated rings. The Morgan fingerprint density at radius 2 is 2.24 bits per heavy atom. The number of nitrogens with one attached hydrogen (secondary N) is 2. The Labute approximate surface area is 149 Å². The first-order valence-electron chi connectivity index (χ1n) is 6.80. The molecule has 0 aliphatic carbocycles. The molecule has 0 spiro atoms. The predicted octanol–water partition coefficient (Wildman–Crippen LogP) is 3.39. The van der Waals surface area contributed by atoms with Crippen LogP contribution in [0.2, 0.25) is 5.02 Å². The number of imidazole rings is 1. The molecule has 2 N–H and O–H groups in total. The molecular weight excluding hydrogens is 373 g/mol. The number of pyridine rings is 1. The first-order chi connectivity index (χ1) is 11.9. The van der Waals surface area contributed by atoms with Crippen molar-refractivity contribution in [2.45, 2.75) is 5.16 Å². The van der Waals surface area contributed by atoms with E-state index in [1.807, 2.05) is 0 Å². The fourth-order valence-corrected chi connectivity index (χ4v) is 2.79. The van der Waals surface area contributed by atoms with Gasteiger partial charge in [0.2, 0.25) is 5.91 Å². The van der Waals surface area contributed by atoms with Crippen LogP contribution in [0.15, 0.2) is 35.6 Å². The van der Waals surface area contributed by atoms with E-state index < -0.39 is 16.6 Å². The minimum Gasteiger partial charge on any atom is -0.331 e. The van der Waals surface area contributed by atoms with Gasteiger partial charge in [-0.3, -0.25) is 14.9 Å². The molecule has 8 nitrogen and oxygen atoms in total. The molecule has 0 unspecified atom stereocenters. The largest absolute Gasteiger partial charge is 0.331 e. The van der Waals surface area contributed by atoms with Gasteiger partial charge in [-0.15, -0.1) is 0 Å². The Bertz CT molecular complexity index is 980. The Balaban J connectivity index is 1.66. The van der Waals surface area contributed by atoms with E-state index in [1.165, 1.54) is 6.20 Å². The number of fused-ring (bicyclic) bond motifs is 1. The lowest BCUT2D eigenvalue weighted by Crippen LogP contribution is -2.15. The minimum atomic E-state index is -0.758. The summed E-state index contributed by atoms with van der Waals surface area (Å²) in [4.78, 5) is 33.1. The Morgan fingerprint density at radius 1 is 1.44 bits per heavy atom. The van der Waals surface area contributed by atoms with E-state index in [9.17, 15) is 19.3 Å². The van der Waals surface area contributed by atoms with Gasteiger partial charge >= 0.3 is 0 Å². The van der Waals surface area contributed by atoms with Crippen molar-refractivity contribution in [3.63, 3.8) is 0 Å². The smallest absolute Gasteiger partial charge is 0.271 e. The van der Waals surface area contributed by atoms with Crippen LogP contribution < -0.4 is 5.32 Å². The third-order valence-electron chi connectivity index (χ3n) is 3.06. The third kappa shape index (κ3) is 4.03. The summed E-state index contributed by atoms with van der Waals surface area (Å²) in [5.41, 5.74) is 0.514. The van der Waals surface area contributed by atoms with Gasteiger partial charge in [-0.05, 0) is 12.1 Å². The SMILES string of the molecule is O=C(CSc1nc2ncc(Cl)cc2[nH]1)Nc1cc([N+](=O)[O-])ccc1F. The topological polar surface area (TPSA) is 114 Å². The van der Waals surface area contributed by atoms with Gasteiger partial charge in [0.25, 0.3) is 5.69 Å². The number of nitro benzene ring substituents is 1. The van der Waals surface area contributed by atoms with E-state index in [1.54, 1.807) is 6.07 Å². The molecule has 3 rings (SSSR count). The zero-order valence-electron chi connectivity index (χ0n) is 12.3. The number of carbonyl (C=O) groups excluding carboxylic acids is 1. The summed E-state index contributed by atoms with van der Waals surface area (Å²) < 4.78 is 13.7. The highest BCUT2D eigenvalue weighted by Crippen LogP contribution is 2.23. The maximum atomic E-state index is 13.7. The molecule has 25 heavy (non-hydrogen) atoms. The zero-order valence-corrected chi connectivity index (χ0v) is 13.9. The maximum Gasteiger partial charge on any atom is 0.271 e. The molecule has 128 valence electrons. The number of nitro groups is 1. The number of thioether (sulfide) groups is 1. The minimum absolute atomic E-state index is 0.0737. The number of halogens is 2. The number of benzene rings is 1. The second-order valence-electron chi connectivity index (χ2n) is 4.82. The number of H-pyrrole nitrogens is 1. The quantitative estimate of drug-likeness (QED) is 0.398. The number of anilines is 1. The number of rotatable bonds is 5. The summed E-state index contributed by atoms with van der Waals surface area (Å²) in [6, 6.07) is 4.56. The number of amides is 1. The summed E-state index contributed by atoms with van der Waals surface area (Å²) in [6.07, 6.45) is 1.46. The molecule has 1 aromatic carbocycles. The van der Waals surface area contributed by atoms with E-state index >= 15 is 0 Å². The number of carbonyl (C=O) groups is 1. The van der Waals surface area contributed by atoms with Crippen LogP contribution in [0.1, 0.15) is 0 Å². The van der Waals surface area contributed by atoms with Crippen molar-refractivity contribution in [3.8, 4) is 0 Å². The number of aromatic nitrogens is 3. The summed E-state index contributed by atoms with van der Waals surface area (Å²) in [6.45, 7) is 0. The molecule has 0 aliphatic heterocycles. The van der Waals surface area contributed by atoms with Crippen molar-refractivity contribution in [2.24, 2.45) is 0 Å². The lowest BCUT2D eigenvalue weighted by Gasteiger charge is -2.05. The van der Waals surface area contributed by atoms with E-state index in [4.69, 9.17) is 11.6 Å². The van der Waals surface area contributed by atoms with Crippen LogP contribution in [0.5, 0.6) is 0 Å². The van der Waals surface area contributed by atoms with Crippen LogP contribution in [-0.2, 0) is 4.79 Å². The van der Waals surface area contributed by atoms with E-state index in [0.29, 0.717) is 21.3 Å². The molecule has 0 radical (unpaired) electrons. The fraction of sp³-hybridized carbons (Fsp3) is 0.0714. The monoisotopic (exact) mass is 381 g/mol. The van der Waals surface area contributed by atoms with Gasteiger partial charge in [-0.2, -0.15) is 0 Å². The van der Waals surface area contributed by atoms with Crippen molar-refractivity contribution >= 4 is 51.8 Å². The molecule has 11 heteroatoms. The highest BCUT2D eigenvalue weighted by atomic mass is 35.5. The van der Waals surface area contributed by atoms with Crippen LogP contribution in [0, 0.1) is 15.9 Å². The van der Waals surface area contributed by atoms with Gasteiger partial charge in [0, 0.05) is 18.3 Å². The molecule has 0 saturated heterocycles. The molecule has 0 atom stereocenters. The highest BCUT2D eigenvalue weighted by molar-refractivity contribution is 7.99. The second-order valence-corrected chi connectivity index (χ2v) is 6.23. The van der Waals surface area contributed by atoms with Crippen molar-refractivity contribution in [2.75, 3.05) is 11.1 Å². The molecule has 2 aromatic heterocycles. The summed E-state index contributed by atoms with van der Waals surface area (Å²) in [7, 11) is 0. The maximum absolute atomic E-state index is 13.7. The van der Waals surface area contributed by atoms with Crippen molar-refractivity contribution < 1.29 is 14.1 Å². The standard InChI is InChI=1S/C14H9ClFN5O3S/c15-7-3-11-13(17-5-7)20-14(19-11)25-6-12(22)18-10-4-8(21(23)24)1-2-9(10)16/h1-5H,6H2,(H,18,22)(H,17,19,20). The third-order valence-corrected chi connectivity index (χ3v) is 4.14. The lowest BCUT2D eigenvalue weighted by atomic mass is 10.2. The molecule has 3 aromatic rings. The van der Waals surface area contributed by atoms with Crippen LogP contribution in [0.4, 0.5) is 15.8 Å². The van der Waals surface area contributed by atoms with E-state index in [-0.39, 0.29) is 17.1 Å². The summed E-state index contributed by atoms with van der Waals surface area (Å²) >= 11 is 6.91. The number of nitrogens with zero attached hydrogens (tertiary/aromatic N) is 3. The van der Waals surface area contributed by atoms with Gasteiger partial charge in [0.1, 0.15) is 5.82 Å². The average molecular weight is 382 g/mol. The Morgan fingerprint density at radius 3 is 3.00 bits per heavy atom. The van der Waals surface area contributed by atoms with Crippen LogP contribution >= 0.6 is 23.4 Å². The van der Waals surface area contributed by atoms with Gasteiger partial charge in [0.05, 0.1) is 26.9 Å². The molecule has 0 saturated carbocycles. The van der Waals surface area contributed by atoms with Crippen LogP contribution in [0.3, 0.4) is 0 Å². The van der Waals surface area contributed by atoms with Crippen LogP contribution in [-0.4, -0.2) is 31.5 Å². The molecule has 2 heterocycles. The Kier molecular flexibility index (Phi) is 4.81. The first kappa shape index (κ1) is 17.1. The normalized spacial score (nSPS) is 10.8. The molecule has 0 bridgehead atoms. The van der Waals surface area contributed by atoms with Crippen molar-refractivity contribution in [1.82, 2.24) is 15.0 Å². The van der Waals surface area contributed by atoms with E-state index in [0.717, 1.165) is 30.0 Å². The number of hydrogen-bond donors (Lipinski definition) is 2. The van der Waals surface area contributed by atoms with Crippen LogP contribution in [0.25, 0.3) is 11.2 Å². The average Bonchev–Trinajstić information content (AvgIpc) is 2.96. The predicted molar refractivity (Wildman–Crippen MR) is 91.3 cm³/mol. The fourth-order valence-electron chi connectivity index (χ4n) is 1.96. The lowest BCUT2D eigenvalue weighted by molar-refractivity contribution is -0.384. The number of hydrogen-bond acceptors (Lipinski definition) is 6. The first-order valence-corrected chi connectivity index (χ1v) is 8.16.